The van der Waals surface area contributed by atoms with Crippen LogP contribution in [-0.2, 0) is 6.61 Å². The molecule has 2 aromatic carbocycles. The third kappa shape index (κ3) is 2.76. The number of hydrogen-bond donors (Lipinski definition) is 3. The molecule has 0 spiro atoms. The van der Waals surface area contributed by atoms with Crippen molar-refractivity contribution in [3.63, 3.8) is 0 Å². The maximum Gasteiger partial charge on any atom is 0.222 e. The van der Waals surface area contributed by atoms with Crippen LogP contribution in [0.1, 0.15) is 11.1 Å². The van der Waals surface area contributed by atoms with Crippen molar-refractivity contribution in [3.8, 4) is 28.5 Å². The highest BCUT2D eigenvalue weighted by molar-refractivity contribution is 5.86. The molecule has 0 saturated heterocycles. The number of anilines is 2. The highest BCUT2D eigenvalue weighted by Gasteiger charge is 2.16. The van der Waals surface area contributed by atoms with E-state index < -0.39 is 0 Å². The third-order valence-corrected chi connectivity index (χ3v) is 3.67. The van der Waals surface area contributed by atoms with Gasteiger partial charge in [-0.1, -0.05) is 42.5 Å². The molecule has 0 atom stereocenters. The maximum atomic E-state index is 9.41. The van der Waals surface area contributed by atoms with Crippen molar-refractivity contribution in [1.29, 1.82) is 5.26 Å². The lowest BCUT2D eigenvalue weighted by Crippen LogP contribution is -2.05. The number of aliphatic hydroxyl groups excluding tert-OH is 1. The molecule has 0 radical (unpaired) electrons. The van der Waals surface area contributed by atoms with E-state index >= 15 is 0 Å². The molecular weight excluding hydrogens is 302 g/mol. The first-order valence-electron chi connectivity index (χ1n) is 7.26. The van der Waals surface area contributed by atoms with E-state index in [0.29, 0.717) is 5.69 Å². The van der Waals surface area contributed by atoms with Crippen LogP contribution in [0.15, 0.2) is 48.5 Å². The predicted molar refractivity (Wildman–Crippen MR) is 92.4 cm³/mol. The Morgan fingerprint density at radius 3 is 2.46 bits per heavy atom. The molecule has 5 N–H and O–H groups in total. The maximum absolute atomic E-state index is 9.41. The van der Waals surface area contributed by atoms with Gasteiger partial charge in [-0.15, -0.1) is 0 Å². The van der Waals surface area contributed by atoms with Gasteiger partial charge >= 0.3 is 0 Å². The summed E-state index contributed by atoms with van der Waals surface area (Å²) < 4.78 is 0. The minimum Gasteiger partial charge on any atom is -0.392 e. The van der Waals surface area contributed by atoms with E-state index in [0.717, 1.165) is 22.3 Å². The lowest BCUT2D eigenvalue weighted by molar-refractivity contribution is 0.282. The smallest absolute Gasteiger partial charge is 0.222 e. The van der Waals surface area contributed by atoms with Crippen LogP contribution in [-0.4, -0.2) is 15.1 Å². The number of nitrogen functional groups attached to an aromatic ring is 2. The van der Waals surface area contributed by atoms with Crippen LogP contribution >= 0.6 is 0 Å². The van der Waals surface area contributed by atoms with Crippen molar-refractivity contribution < 1.29 is 5.11 Å². The fraction of sp³-hybridized carbons (Fsp3) is 0.0556. The first-order chi connectivity index (χ1) is 11.6. The average molecular weight is 317 g/mol. The van der Waals surface area contributed by atoms with Crippen molar-refractivity contribution in [1.82, 2.24) is 9.97 Å². The summed E-state index contributed by atoms with van der Waals surface area (Å²) in [4.78, 5) is 8.07. The molecular formula is C18H15N5O. The molecule has 0 bridgehead atoms. The number of nitriles is 1. The number of aliphatic hydroxyl groups is 1. The second-order valence-corrected chi connectivity index (χ2v) is 5.21. The Morgan fingerprint density at radius 2 is 1.75 bits per heavy atom. The highest BCUT2D eigenvalue weighted by Crippen LogP contribution is 2.34. The molecule has 6 heteroatoms. The van der Waals surface area contributed by atoms with Gasteiger partial charge in [0.05, 0.1) is 12.3 Å². The largest absolute Gasteiger partial charge is 0.392 e. The van der Waals surface area contributed by atoms with Crippen molar-refractivity contribution in [2.75, 3.05) is 11.5 Å². The zero-order valence-electron chi connectivity index (χ0n) is 12.8. The standard InChI is InChI=1S/C18H15N5O/c19-9-15-16(22-18(21)23-17(15)20)14-7-2-1-6-13(14)12-5-3-4-11(8-12)10-24/h1-8,24H,10H2,(H4,20,21,22,23). The lowest BCUT2D eigenvalue weighted by atomic mass is 9.94. The van der Waals surface area contributed by atoms with Crippen LogP contribution in [0.4, 0.5) is 11.8 Å². The molecule has 1 heterocycles. The first kappa shape index (κ1) is 15.5. The van der Waals surface area contributed by atoms with Gasteiger partial charge in [0.1, 0.15) is 17.5 Å². The fourth-order valence-electron chi connectivity index (χ4n) is 2.58. The monoisotopic (exact) mass is 317 g/mol. The van der Waals surface area contributed by atoms with Gasteiger partial charge in [-0.25, -0.2) is 4.98 Å². The third-order valence-electron chi connectivity index (χ3n) is 3.67. The number of nitrogens with zero attached hydrogens (tertiary/aromatic N) is 3. The molecule has 0 amide bonds. The normalized spacial score (nSPS) is 10.3. The summed E-state index contributed by atoms with van der Waals surface area (Å²) in [5.74, 6) is 0.0688. The van der Waals surface area contributed by atoms with Crippen LogP contribution in [0.2, 0.25) is 0 Å². The topological polar surface area (TPSA) is 122 Å². The minimum atomic E-state index is -0.0488. The van der Waals surface area contributed by atoms with E-state index in [9.17, 15) is 10.4 Å². The van der Waals surface area contributed by atoms with Gasteiger partial charge < -0.3 is 16.6 Å². The molecule has 0 aliphatic rings. The Bertz CT molecular complexity index is 946. The van der Waals surface area contributed by atoms with E-state index in [1.807, 2.05) is 54.6 Å². The molecule has 0 saturated carbocycles. The molecule has 24 heavy (non-hydrogen) atoms. The molecule has 1 aromatic heterocycles. The number of hydrogen-bond acceptors (Lipinski definition) is 6. The summed E-state index contributed by atoms with van der Waals surface area (Å²) in [5, 5.41) is 18.8. The van der Waals surface area contributed by atoms with Gasteiger partial charge in [-0.3, -0.25) is 0 Å². The Kier molecular flexibility index (Phi) is 4.10. The Morgan fingerprint density at radius 1 is 1.00 bits per heavy atom. The van der Waals surface area contributed by atoms with Gasteiger partial charge in [0.25, 0.3) is 0 Å². The van der Waals surface area contributed by atoms with E-state index in [-0.39, 0.29) is 23.9 Å². The Hall–Kier alpha value is -3.43. The lowest BCUT2D eigenvalue weighted by Gasteiger charge is -2.12. The SMILES string of the molecule is N#Cc1c(N)nc(N)nc1-c1ccccc1-c1cccc(CO)c1. The number of aromatic nitrogens is 2. The highest BCUT2D eigenvalue weighted by atomic mass is 16.3. The minimum absolute atomic E-state index is 0.0143. The van der Waals surface area contributed by atoms with Crippen molar-refractivity contribution in [3.05, 3.63) is 59.7 Å². The molecule has 0 fully saturated rings. The summed E-state index contributed by atoms with van der Waals surface area (Å²) in [6.45, 7) is -0.0488. The van der Waals surface area contributed by atoms with Crippen molar-refractivity contribution in [2.24, 2.45) is 0 Å². The molecule has 0 unspecified atom stereocenters. The van der Waals surface area contributed by atoms with Gasteiger partial charge in [-0.2, -0.15) is 10.2 Å². The summed E-state index contributed by atoms with van der Waals surface area (Å²) in [6, 6.07) is 17.1. The van der Waals surface area contributed by atoms with Crippen LogP contribution < -0.4 is 11.5 Å². The molecule has 3 rings (SSSR count). The van der Waals surface area contributed by atoms with Gasteiger partial charge in [0, 0.05) is 5.56 Å². The van der Waals surface area contributed by atoms with Gasteiger partial charge in [0.2, 0.25) is 5.95 Å². The number of rotatable bonds is 3. The van der Waals surface area contributed by atoms with E-state index in [2.05, 4.69) is 9.97 Å². The van der Waals surface area contributed by atoms with Crippen LogP contribution in [0.5, 0.6) is 0 Å². The van der Waals surface area contributed by atoms with Crippen molar-refractivity contribution >= 4 is 11.8 Å². The second-order valence-electron chi connectivity index (χ2n) is 5.21. The fourth-order valence-corrected chi connectivity index (χ4v) is 2.58. The predicted octanol–water partition coefficient (Wildman–Crippen LogP) is 2.34. The molecule has 6 nitrogen and oxygen atoms in total. The van der Waals surface area contributed by atoms with Crippen LogP contribution in [0.25, 0.3) is 22.4 Å². The number of nitrogens with two attached hydrogens (primary N) is 2. The molecule has 0 aliphatic carbocycles. The Labute approximate surface area is 139 Å². The van der Waals surface area contributed by atoms with Crippen LogP contribution in [0.3, 0.4) is 0 Å². The average Bonchev–Trinajstić information content (AvgIpc) is 2.61. The molecule has 118 valence electrons. The van der Waals surface area contributed by atoms with Crippen LogP contribution in [0, 0.1) is 11.3 Å². The summed E-state index contributed by atoms with van der Waals surface area (Å²) in [7, 11) is 0. The van der Waals surface area contributed by atoms with E-state index in [1.54, 1.807) is 0 Å². The summed E-state index contributed by atoms with van der Waals surface area (Å²) in [6.07, 6.45) is 0. The second kappa shape index (κ2) is 6.36. The van der Waals surface area contributed by atoms with Gasteiger partial charge in [0.15, 0.2) is 0 Å². The van der Waals surface area contributed by atoms with E-state index in [4.69, 9.17) is 11.5 Å². The quantitative estimate of drug-likeness (QED) is 0.681. The first-order valence-corrected chi connectivity index (χ1v) is 7.26. The van der Waals surface area contributed by atoms with E-state index in [1.165, 1.54) is 0 Å². The summed E-state index contributed by atoms with van der Waals surface area (Å²) >= 11 is 0. The zero-order chi connectivity index (χ0) is 17.1. The van der Waals surface area contributed by atoms with Crippen molar-refractivity contribution in [2.45, 2.75) is 6.61 Å². The summed E-state index contributed by atoms with van der Waals surface area (Å²) in [5.41, 5.74) is 15.4. The Balaban J connectivity index is 2.27. The molecule has 3 aromatic rings. The number of benzene rings is 2. The molecule has 0 aliphatic heterocycles. The van der Waals surface area contributed by atoms with Gasteiger partial charge in [-0.05, 0) is 22.8 Å². The zero-order valence-corrected chi connectivity index (χ0v) is 12.8.